The van der Waals surface area contributed by atoms with Gasteiger partial charge in [0.05, 0.1) is 17.1 Å². The lowest BCUT2D eigenvalue weighted by molar-refractivity contribution is -0.121. The predicted molar refractivity (Wildman–Crippen MR) is 111 cm³/mol. The van der Waals surface area contributed by atoms with E-state index in [1.54, 1.807) is 38.1 Å². The number of carbonyl (C=O) groups excluding carboxylic acids is 1. The van der Waals surface area contributed by atoms with Gasteiger partial charge in [-0.2, -0.15) is 4.98 Å². The maximum absolute atomic E-state index is 13.0. The molecule has 1 aliphatic heterocycles. The van der Waals surface area contributed by atoms with Gasteiger partial charge in [-0.3, -0.25) is 14.4 Å². The van der Waals surface area contributed by atoms with E-state index in [1.165, 1.54) is 11.0 Å². The summed E-state index contributed by atoms with van der Waals surface area (Å²) in [7, 11) is -3.92. The number of aromatic nitrogens is 3. The number of fused-ring (bicyclic) bond motifs is 1. The van der Waals surface area contributed by atoms with Crippen LogP contribution in [0.2, 0.25) is 0 Å². The molecule has 11 heteroatoms. The number of amides is 1. The molecule has 4 rings (SSSR count). The number of sulfonamides is 1. The lowest BCUT2D eigenvalue weighted by Gasteiger charge is -2.29. The van der Waals surface area contributed by atoms with Crippen molar-refractivity contribution < 1.29 is 22.5 Å². The highest BCUT2D eigenvalue weighted by atomic mass is 32.2. The average molecular weight is 443 g/mol. The van der Waals surface area contributed by atoms with Crippen molar-refractivity contribution in [3.05, 3.63) is 53.3 Å². The summed E-state index contributed by atoms with van der Waals surface area (Å²) in [5.41, 5.74) is 1.58. The third-order valence-corrected chi connectivity index (χ3v) is 6.23. The highest BCUT2D eigenvalue weighted by Crippen LogP contribution is 2.37. The fourth-order valence-electron chi connectivity index (χ4n) is 3.23. The summed E-state index contributed by atoms with van der Waals surface area (Å²) < 4.78 is 39.1. The van der Waals surface area contributed by atoms with Gasteiger partial charge in [0, 0.05) is 18.2 Å². The molecule has 0 bridgehead atoms. The normalized spacial score (nSPS) is 13.6. The molecule has 0 atom stereocenters. The van der Waals surface area contributed by atoms with Crippen LogP contribution in [0.1, 0.15) is 29.9 Å². The highest BCUT2D eigenvalue weighted by molar-refractivity contribution is 7.92. The number of nitrogens with zero attached hydrogens (tertiary/aromatic N) is 4. The molecular weight excluding hydrogens is 422 g/mol. The molecule has 1 aliphatic rings. The minimum absolute atomic E-state index is 0.0386. The Morgan fingerprint density at radius 3 is 2.71 bits per heavy atom. The zero-order valence-electron chi connectivity index (χ0n) is 17.2. The first-order chi connectivity index (χ1) is 14.8. The second-order valence-corrected chi connectivity index (χ2v) is 8.73. The Hall–Kier alpha value is -3.47. The summed E-state index contributed by atoms with van der Waals surface area (Å²) in [4.78, 5) is 22.4. The van der Waals surface area contributed by atoms with E-state index in [9.17, 15) is 13.2 Å². The van der Waals surface area contributed by atoms with Crippen LogP contribution >= 0.6 is 0 Å². The van der Waals surface area contributed by atoms with Crippen molar-refractivity contribution in [3.8, 4) is 5.75 Å². The van der Waals surface area contributed by atoms with Crippen LogP contribution in [0.5, 0.6) is 5.75 Å². The molecule has 0 aliphatic carbocycles. The summed E-state index contributed by atoms with van der Waals surface area (Å²) >= 11 is 0. The molecule has 0 spiro atoms. The highest BCUT2D eigenvalue weighted by Gasteiger charge is 2.30. The van der Waals surface area contributed by atoms with E-state index < -0.39 is 10.0 Å². The first-order valence-corrected chi connectivity index (χ1v) is 11.1. The predicted octanol–water partition coefficient (Wildman–Crippen LogP) is 2.37. The van der Waals surface area contributed by atoms with Crippen LogP contribution < -0.4 is 14.4 Å². The van der Waals surface area contributed by atoms with Crippen LogP contribution in [0, 0.1) is 13.8 Å². The monoisotopic (exact) mass is 443 g/mol. The van der Waals surface area contributed by atoms with Crippen LogP contribution in [0.3, 0.4) is 0 Å². The Kier molecular flexibility index (Phi) is 5.36. The molecule has 10 nitrogen and oxygen atoms in total. The van der Waals surface area contributed by atoms with Gasteiger partial charge in [0.1, 0.15) is 11.6 Å². The first kappa shape index (κ1) is 20.8. The van der Waals surface area contributed by atoms with Crippen LogP contribution in [-0.4, -0.2) is 36.1 Å². The Morgan fingerprint density at radius 2 is 2.00 bits per heavy atom. The zero-order valence-corrected chi connectivity index (χ0v) is 18.1. The Morgan fingerprint density at radius 1 is 1.19 bits per heavy atom. The van der Waals surface area contributed by atoms with Gasteiger partial charge in [-0.15, -0.1) is 0 Å². The molecule has 162 valence electrons. The molecule has 0 saturated heterocycles. The van der Waals surface area contributed by atoms with Gasteiger partial charge in [-0.05, 0) is 37.6 Å². The van der Waals surface area contributed by atoms with E-state index in [0.717, 1.165) is 0 Å². The maximum atomic E-state index is 13.0. The maximum Gasteiger partial charge on any atom is 0.265 e. The van der Waals surface area contributed by atoms with Crippen LogP contribution in [0.4, 0.5) is 11.5 Å². The zero-order chi connectivity index (χ0) is 22.2. The van der Waals surface area contributed by atoms with E-state index in [4.69, 9.17) is 9.26 Å². The largest absolute Gasteiger partial charge is 0.482 e. The van der Waals surface area contributed by atoms with E-state index in [2.05, 4.69) is 19.8 Å². The second kappa shape index (κ2) is 7.99. The molecule has 1 amide bonds. The van der Waals surface area contributed by atoms with Crippen molar-refractivity contribution in [3.63, 3.8) is 0 Å². The van der Waals surface area contributed by atoms with Crippen molar-refractivity contribution >= 4 is 27.4 Å². The van der Waals surface area contributed by atoms with Crippen molar-refractivity contribution in [2.45, 2.75) is 38.6 Å². The Labute approximate surface area is 179 Å². The number of nitrogens with one attached hydrogen (secondary N) is 1. The van der Waals surface area contributed by atoms with Crippen LogP contribution in [0.15, 0.2) is 39.8 Å². The molecule has 0 radical (unpaired) electrons. The number of carbonyl (C=O) groups is 1. The third-order valence-electron chi connectivity index (χ3n) is 4.73. The summed E-state index contributed by atoms with van der Waals surface area (Å²) in [6.07, 6.45) is 0.587. The standard InChI is InChI=1S/C20H21N5O5S/c1-4-19-22-18(23-30-19)10-25-14-8-12(2)16(9-15(14)29-11-20(25)26)31(27,28)24-17-7-5-6-13(3)21-17/h5-9H,4,10-11H2,1-3H3,(H,21,24). The Bertz CT molecular complexity index is 1250. The van der Waals surface area contributed by atoms with Gasteiger partial charge < -0.3 is 9.26 Å². The molecule has 0 fully saturated rings. The van der Waals surface area contributed by atoms with Gasteiger partial charge in [0.2, 0.25) is 5.89 Å². The summed E-state index contributed by atoms with van der Waals surface area (Å²) in [6.45, 7) is 5.18. The minimum Gasteiger partial charge on any atom is -0.482 e. The summed E-state index contributed by atoms with van der Waals surface area (Å²) in [5, 5.41) is 3.89. The number of anilines is 2. The summed E-state index contributed by atoms with van der Waals surface area (Å²) in [5.74, 6) is 1.05. The van der Waals surface area contributed by atoms with Gasteiger partial charge >= 0.3 is 0 Å². The third kappa shape index (κ3) is 4.22. The molecular formula is C20H21N5O5S. The lowest BCUT2D eigenvalue weighted by atomic mass is 10.1. The molecule has 0 unspecified atom stereocenters. The van der Waals surface area contributed by atoms with Crippen molar-refractivity contribution in [1.82, 2.24) is 15.1 Å². The van der Waals surface area contributed by atoms with Gasteiger partial charge in [-0.25, -0.2) is 13.4 Å². The lowest BCUT2D eigenvalue weighted by Crippen LogP contribution is -2.38. The van der Waals surface area contributed by atoms with Gasteiger partial charge in [0.15, 0.2) is 12.4 Å². The van der Waals surface area contributed by atoms with Crippen LogP contribution in [0.25, 0.3) is 0 Å². The number of aryl methyl sites for hydroxylation is 3. The fourth-order valence-corrected chi connectivity index (χ4v) is 4.47. The smallest absolute Gasteiger partial charge is 0.265 e. The number of ether oxygens (including phenoxy) is 1. The number of hydrogen-bond donors (Lipinski definition) is 1. The number of rotatable bonds is 6. The summed E-state index contributed by atoms with van der Waals surface area (Å²) in [6, 6.07) is 8.08. The molecule has 1 aromatic carbocycles. The molecule has 3 heterocycles. The van der Waals surface area contributed by atoms with Crippen LogP contribution in [-0.2, 0) is 27.8 Å². The topological polar surface area (TPSA) is 128 Å². The molecule has 0 saturated carbocycles. The van der Waals surface area contributed by atoms with E-state index in [0.29, 0.717) is 35.1 Å². The van der Waals surface area contributed by atoms with E-state index in [1.807, 2.05) is 6.92 Å². The van der Waals surface area contributed by atoms with Crippen molar-refractivity contribution in [1.29, 1.82) is 0 Å². The van der Waals surface area contributed by atoms with Crippen molar-refractivity contribution in [2.75, 3.05) is 16.2 Å². The number of benzene rings is 1. The molecule has 3 aromatic rings. The van der Waals surface area contributed by atoms with Crippen molar-refractivity contribution in [2.24, 2.45) is 0 Å². The molecule has 1 N–H and O–H groups in total. The van der Waals surface area contributed by atoms with E-state index in [-0.39, 0.29) is 35.5 Å². The average Bonchev–Trinajstić information content (AvgIpc) is 3.17. The fraction of sp³-hybridized carbons (Fsp3) is 0.300. The Balaban J connectivity index is 1.67. The minimum atomic E-state index is -3.92. The first-order valence-electron chi connectivity index (χ1n) is 9.62. The van der Waals surface area contributed by atoms with E-state index >= 15 is 0 Å². The molecule has 2 aromatic heterocycles. The van der Waals surface area contributed by atoms with Gasteiger partial charge in [-0.1, -0.05) is 18.1 Å². The number of hydrogen-bond acceptors (Lipinski definition) is 8. The quantitative estimate of drug-likeness (QED) is 0.615. The second-order valence-electron chi connectivity index (χ2n) is 7.08. The van der Waals surface area contributed by atoms with Gasteiger partial charge in [0.25, 0.3) is 15.9 Å². The number of pyridine rings is 1. The SMILES string of the molecule is CCc1nc(CN2C(=O)COc3cc(S(=O)(=O)Nc4cccc(C)n4)c(C)cc32)no1. The molecule has 31 heavy (non-hydrogen) atoms.